The second-order valence-electron chi connectivity index (χ2n) is 6.77. The molecule has 2 rings (SSSR count). The van der Waals surface area contributed by atoms with Gasteiger partial charge in [0.1, 0.15) is 0 Å². The first-order valence-corrected chi connectivity index (χ1v) is 8.85. The number of urea groups is 1. The fourth-order valence-electron chi connectivity index (χ4n) is 3.13. The normalized spacial score (nSPS) is 19.1. The molecule has 0 unspecified atom stereocenters. The van der Waals surface area contributed by atoms with Gasteiger partial charge in [-0.1, -0.05) is 0 Å². The number of hydrogen-bond donors (Lipinski definition) is 1. The zero-order valence-electron chi connectivity index (χ0n) is 15.5. The first-order valence-electron chi connectivity index (χ1n) is 8.85. The average molecular weight is 348 g/mol. The van der Waals surface area contributed by atoms with Gasteiger partial charge >= 0.3 is 12.0 Å². The first-order chi connectivity index (χ1) is 11.9. The molecule has 1 atom stereocenters. The predicted molar refractivity (Wildman–Crippen MR) is 96.9 cm³/mol. The van der Waals surface area contributed by atoms with Crippen molar-refractivity contribution in [1.82, 2.24) is 4.90 Å². The molecule has 0 aromatic heterocycles. The first kappa shape index (κ1) is 19.2. The molecule has 1 aromatic rings. The lowest BCUT2D eigenvalue weighted by molar-refractivity contribution is -0.0758. The van der Waals surface area contributed by atoms with Crippen LogP contribution in [-0.2, 0) is 9.47 Å². The molecular formula is C19H28N2O4. The van der Waals surface area contributed by atoms with Gasteiger partial charge in [0.05, 0.1) is 17.8 Å². The SMILES string of the molecule is CCOC(=O)c1ccc(NC(=O)N(CC)[C@H]2CCOC(C)(C)C2)cc1. The number of anilines is 1. The van der Waals surface area contributed by atoms with Crippen LogP contribution >= 0.6 is 0 Å². The third-order valence-corrected chi connectivity index (χ3v) is 4.36. The van der Waals surface area contributed by atoms with Crippen LogP contribution < -0.4 is 5.32 Å². The number of carbonyl (C=O) groups excluding carboxylic acids is 2. The molecule has 0 spiro atoms. The lowest BCUT2D eigenvalue weighted by Gasteiger charge is -2.40. The molecular weight excluding hydrogens is 320 g/mol. The minimum atomic E-state index is -0.361. The summed E-state index contributed by atoms with van der Waals surface area (Å²) in [5.74, 6) is -0.361. The van der Waals surface area contributed by atoms with Gasteiger partial charge in [-0.3, -0.25) is 0 Å². The van der Waals surface area contributed by atoms with E-state index < -0.39 is 0 Å². The third-order valence-electron chi connectivity index (χ3n) is 4.36. The number of nitrogens with zero attached hydrogens (tertiary/aromatic N) is 1. The van der Waals surface area contributed by atoms with Gasteiger partial charge in [-0.15, -0.1) is 0 Å². The second-order valence-corrected chi connectivity index (χ2v) is 6.77. The highest BCUT2D eigenvalue weighted by Crippen LogP contribution is 2.27. The van der Waals surface area contributed by atoms with Crippen LogP contribution in [0, 0.1) is 0 Å². The monoisotopic (exact) mass is 348 g/mol. The summed E-state index contributed by atoms with van der Waals surface area (Å²) in [5, 5.41) is 2.91. The van der Waals surface area contributed by atoms with E-state index in [0.717, 1.165) is 12.8 Å². The van der Waals surface area contributed by atoms with Crippen molar-refractivity contribution < 1.29 is 19.1 Å². The Hall–Kier alpha value is -2.08. The van der Waals surface area contributed by atoms with Crippen LogP contribution in [0.5, 0.6) is 0 Å². The van der Waals surface area contributed by atoms with E-state index in [1.807, 2.05) is 11.8 Å². The number of hydrogen-bond acceptors (Lipinski definition) is 4. The summed E-state index contributed by atoms with van der Waals surface area (Å²) < 4.78 is 10.7. The number of benzene rings is 1. The number of amides is 2. The molecule has 138 valence electrons. The number of nitrogens with one attached hydrogen (secondary N) is 1. The highest BCUT2D eigenvalue weighted by molar-refractivity contribution is 5.92. The largest absolute Gasteiger partial charge is 0.462 e. The quantitative estimate of drug-likeness (QED) is 0.824. The highest BCUT2D eigenvalue weighted by atomic mass is 16.5. The van der Waals surface area contributed by atoms with Crippen molar-refractivity contribution in [3.05, 3.63) is 29.8 Å². The Kier molecular flexibility index (Phi) is 6.42. The molecule has 25 heavy (non-hydrogen) atoms. The Morgan fingerprint density at radius 2 is 1.96 bits per heavy atom. The van der Waals surface area contributed by atoms with Crippen molar-refractivity contribution in [1.29, 1.82) is 0 Å². The van der Waals surface area contributed by atoms with Gasteiger partial charge in [0.15, 0.2) is 0 Å². The maximum Gasteiger partial charge on any atom is 0.338 e. The Bertz CT molecular complexity index is 598. The lowest BCUT2D eigenvalue weighted by Crippen LogP contribution is -2.49. The van der Waals surface area contributed by atoms with Gasteiger partial charge in [-0.05, 0) is 64.8 Å². The van der Waals surface area contributed by atoms with Crippen LogP contribution in [0.4, 0.5) is 10.5 Å². The Morgan fingerprint density at radius 3 is 2.52 bits per heavy atom. The summed E-state index contributed by atoms with van der Waals surface area (Å²) in [6.07, 6.45) is 1.66. The van der Waals surface area contributed by atoms with Gasteiger partial charge in [0, 0.05) is 24.9 Å². The predicted octanol–water partition coefficient (Wildman–Crippen LogP) is 3.67. The van der Waals surface area contributed by atoms with Gasteiger partial charge in [0.2, 0.25) is 0 Å². The molecule has 1 saturated heterocycles. The van der Waals surface area contributed by atoms with E-state index in [0.29, 0.717) is 31.0 Å². The van der Waals surface area contributed by atoms with E-state index >= 15 is 0 Å². The summed E-state index contributed by atoms with van der Waals surface area (Å²) in [7, 11) is 0. The van der Waals surface area contributed by atoms with E-state index in [-0.39, 0.29) is 23.6 Å². The molecule has 0 bridgehead atoms. The molecule has 0 saturated carbocycles. The topological polar surface area (TPSA) is 67.9 Å². The van der Waals surface area contributed by atoms with E-state index in [1.165, 1.54) is 0 Å². The van der Waals surface area contributed by atoms with Crippen molar-refractivity contribution in [2.24, 2.45) is 0 Å². The van der Waals surface area contributed by atoms with E-state index in [2.05, 4.69) is 19.2 Å². The smallest absolute Gasteiger partial charge is 0.338 e. The van der Waals surface area contributed by atoms with E-state index in [9.17, 15) is 9.59 Å². The van der Waals surface area contributed by atoms with Crippen molar-refractivity contribution in [2.75, 3.05) is 25.1 Å². The molecule has 1 fully saturated rings. The van der Waals surface area contributed by atoms with Crippen LogP contribution in [0.15, 0.2) is 24.3 Å². The Balaban J connectivity index is 2.00. The fourth-order valence-corrected chi connectivity index (χ4v) is 3.13. The van der Waals surface area contributed by atoms with Crippen LogP contribution in [0.1, 0.15) is 50.9 Å². The van der Waals surface area contributed by atoms with Gasteiger partial charge in [0.25, 0.3) is 0 Å². The van der Waals surface area contributed by atoms with Crippen LogP contribution in [0.3, 0.4) is 0 Å². The molecule has 6 heteroatoms. The maximum atomic E-state index is 12.7. The second kappa shape index (κ2) is 8.34. The minimum absolute atomic E-state index is 0.130. The molecule has 1 aliphatic rings. The Morgan fingerprint density at radius 1 is 1.28 bits per heavy atom. The van der Waals surface area contributed by atoms with Gasteiger partial charge < -0.3 is 19.7 Å². The molecule has 2 amide bonds. The van der Waals surface area contributed by atoms with E-state index in [1.54, 1.807) is 31.2 Å². The molecule has 1 aromatic carbocycles. The van der Waals surface area contributed by atoms with Gasteiger partial charge in [-0.25, -0.2) is 9.59 Å². The summed E-state index contributed by atoms with van der Waals surface area (Å²) in [6, 6.07) is 6.77. The highest BCUT2D eigenvalue weighted by Gasteiger charge is 2.33. The molecule has 6 nitrogen and oxygen atoms in total. The van der Waals surface area contributed by atoms with E-state index in [4.69, 9.17) is 9.47 Å². The number of ether oxygens (including phenoxy) is 2. The van der Waals surface area contributed by atoms with Gasteiger partial charge in [-0.2, -0.15) is 0 Å². The summed E-state index contributed by atoms with van der Waals surface area (Å²) in [5.41, 5.74) is 0.916. The van der Waals surface area contributed by atoms with Crippen LogP contribution in [0.25, 0.3) is 0 Å². The van der Waals surface area contributed by atoms with Crippen LogP contribution in [-0.4, -0.2) is 48.3 Å². The minimum Gasteiger partial charge on any atom is -0.462 e. The van der Waals surface area contributed by atoms with Crippen LogP contribution in [0.2, 0.25) is 0 Å². The molecule has 1 N–H and O–H groups in total. The lowest BCUT2D eigenvalue weighted by atomic mass is 9.93. The number of carbonyl (C=O) groups is 2. The zero-order valence-corrected chi connectivity index (χ0v) is 15.5. The number of esters is 1. The van der Waals surface area contributed by atoms with Crippen molar-refractivity contribution in [2.45, 2.75) is 52.2 Å². The average Bonchev–Trinajstić information content (AvgIpc) is 2.55. The maximum absolute atomic E-state index is 12.7. The fraction of sp³-hybridized carbons (Fsp3) is 0.579. The standard InChI is InChI=1S/C19H28N2O4/c1-5-21(16-11-12-25-19(3,4)13-16)18(23)20-15-9-7-14(8-10-15)17(22)24-6-2/h7-10,16H,5-6,11-13H2,1-4H3,(H,20,23)/t16-/m0/s1. The zero-order chi connectivity index (χ0) is 18.4. The van der Waals surface area contributed by atoms with Crippen molar-refractivity contribution in [3.63, 3.8) is 0 Å². The summed E-state index contributed by atoms with van der Waals surface area (Å²) in [4.78, 5) is 26.2. The molecule has 0 radical (unpaired) electrons. The summed E-state index contributed by atoms with van der Waals surface area (Å²) in [6.45, 7) is 9.49. The van der Waals surface area contributed by atoms with Crippen molar-refractivity contribution in [3.8, 4) is 0 Å². The van der Waals surface area contributed by atoms with Crippen molar-refractivity contribution >= 4 is 17.7 Å². The molecule has 1 aliphatic heterocycles. The number of rotatable bonds is 5. The third kappa shape index (κ3) is 5.19. The Labute approximate surface area is 149 Å². The molecule has 1 heterocycles. The summed E-state index contributed by atoms with van der Waals surface area (Å²) >= 11 is 0. The molecule has 0 aliphatic carbocycles.